The van der Waals surface area contributed by atoms with Gasteiger partial charge in [-0.15, -0.1) is 11.3 Å². The Morgan fingerprint density at radius 3 is 2.29 bits per heavy atom. The fourth-order valence-electron chi connectivity index (χ4n) is 4.72. The molecular formula is C27H30N6O4S. The molecule has 2 heterocycles. The Kier molecular flexibility index (Phi) is 8.82. The lowest BCUT2D eigenvalue weighted by atomic mass is 9.84. The molecule has 0 radical (unpaired) electrons. The van der Waals surface area contributed by atoms with Crippen LogP contribution in [0.3, 0.4) is 0 Å². The van der Waals surface area contributed by atoms with E-state index >= 15 is 0 Å². The molecule has 1 fully saturated rings. The monoisotopic (exact) mass is 534 g/mol. The van der Waals surface area contributed by atoms with Crippen LogP contribution in [0.4, 0.5) is 0 Å². The van der Waals surface area contributed by atoms with Gasteiger partial charge in [-0.25, -0.2) is 4.98 Å². The number of aromatic nitrogens is 1. The summed E-state index contributed by atoms with van der Waals surface area (Å²) >= 11 is 1.29. The predicted molar refractivity (Wildman–Crippen MR) is 144 cm³/mol. The first-order valence-electron chi connectivity index (χ1n) is 12.3. The number of nitrogens with zero attached hydrogens (tertiary/aromatic N) is 2. The van der Waals surface area contributed by atoms with Crippen LogP contribution in [-0.4, -0.2) is 63.8 Å². The number of carboxylic acids is 1. The van der Waals surface area contributed by atoms with Gasteiger partial charge >= 0.3 is 5.97 Å². The minimum atomic E-state index is -1.08. The molecule has 1 saturated heterocycles. The smallest absolute Gasteiger partial charge is 0.317 e. The zero-order valence-electron chi connectivity index (χ0n) is 20.7. The van der Waals surface area contributed by atoms with Crippen molar-refractivity contribution < 1.29 is 19.5 Å². The lowest BCUT2D eigenvalue weighted by Gasteiger charge is -2.33. The van der Waals surface area contributed by atoms with Crippen molar-refractivity contribution in [2.75, 3.05) is 13.1 Å². The number of hydrogen-bond acceptors (Lipinski definition) is 7. The van der Waals surface area contributed by atoms with Gasteiger partial charge in [0.2, 0.25) is 11.8 Å². The zero-order chi connectivity index (χ0) is 27.1. The summed E-state index contributed by atoms with van der Waals surface area (Å²) in [6.07, 6.45) is 1.16. The van der Waals surface area contributed by atoms with Crippen molar-refractivity contribution in [1.29, 1.82) is 5.41 Å². The molecule has 1 aliphatic heterocycles. The first-order chi connectivity index (χ1) is 18.3. The minimum Gasteiger partial charge on any atom is -0.480 e. The maximum absolute atomic E-state index is 14.1. The standard InChI is InChI=1S/C27H30N6O4S/c28-25(29)19-16-38-21(32-19)14-31-26(36)20-12-7-13-33(20)27(37)24(30-15-22(34)35)23(17-8-3-1-4-9-17)18-10-5-2-6-11-18/h1-6,8-11,16,20,23-24,30H,7,12-15H2,(H3,28,29)(H,31,36)(H,34,35)/t20-,24+/m0/s1. The van der Waals surface area contributed by atoms with E-state index in [2.05, 4.69) is 15.6 Å². The molecule has 198 valence electrons. The summed E-state index contributed by atoms with van der Waals surface area (Å²) in [6.45, 7) is 0.149. The van der Waals surface area contributed by atoms with Gasteiger partial charge in [-0.2, -0.15) is 0 Å². The van der Waals surface area contributed by atoms with Gasteiger partial charge < -0.3 is 21.1 Å². The molecule has 10 nitrogen and oxygen atoms in total. The minimum absolute atomic E-state index is 0.141. The normalized spacial score (nSPS) is 15.8. The first kappa shape index (κ1) is 27.0. The molecule has 1 aliphatic rings. The second-order valence-corrected chi connectivity index (χ2v) is 9.94. The number of nitrogens with two attached hydrogens (primary N) is 1. The molecule has 3 aromatic rings. The van der Waals surface area contributed by atoms with E-state index in [1.165, 1.54) is 11.3 Å². The fourth-order valence-corrected chi connectivity index (χ4v) is 5.46. The van der Waals surface area contributed by atoms with Crippen LogP contribution in [0.25, 0.3) is 0 Å². The number of amidine groups is 1. The average Bonchev–Trinajstić information content (AvgIpc) is 3.61. The molecular weight excluding hydrogens is 504 g/mol. The summed E-state index contributed by atoms with van der Waals surface area (Å²) in [5.74, 6) is -2.31. The van der Waals surface area contributed by atoms with Gasteiger partial charge in [0.05, 0.1) is 19.1 Å². The number of carbonyl (C=O) groups is 3. The van der Waals surface area contributed by atoms with Crippen molar-refractivity contribution >= 4 is 35.0 Å². The fraction of sp³-hybridized carbons (Fsp3) is 0.296. The Hall–Kier alpha value is -4.09. The third kappa shape index (κ3) is 6.42. The van der Waals surface area contributed by atoms with Crippen LogP contribution in [0.5, 0.6) is 0 Å². The maximum atomic E-state index is 14.1. The van der Waals surface area contributed by atoms with E-state index in [1.807, 2.05) is 60.7 Å². The summed E-state index contributed by atoms with van der Waals surface area (Å²) in [5.41, 5.74) is 7.55. The summed E-state index contributed by atoms with van der Waals surface area (Å²) in [6, 6.07) is 17.4. The molecule has 4 rings (SSSR count). The van der Waals surface area contributed by atoms with Crippen LogP contribution >= 0.6 is 11.3 Å². The first-order valence-corrected chi connectivity index (χ1v) is 13.1. The van der Waals surface area contributed by atoms with Crippen LogP contribution in [0.1, 0.15) is 40.6 Å². The van der Waals surface area contributed by atoms with Crippen molar-refractivity contribution in [3.8, 4) is 0 Å². The van der Waals surface area contributed by atoms with Gasteiger partial charge in [-0.3, -0.25) is 25.1 Å². The molecule has 2 amide bonds. The number of hydrogen-bond donors (Lipinski definition) is 5. The van der Waals surface area contributed by atoms with Crippen molar-refractivity contribution in [1.82, 2.24) is 20.5 Å². The van der Waals surface area contributed by atoms with Crippen LogP contribution < -0.4 is 16.4 Å². The molecule has 2 atom stereocenters. The number of nitrogens with one attached hydrogen (secondary N) is 3. The van der Waals surface area contributed by atoms with Crippen molar-refractivity contribution in [3.05, 3.63) is 87.9 Å². The van der Waals surface area contributed by atoms with Gasteiger partial charge in [0.25, 0.3) is 0 Å². The number of benzene rings is 2. The Labute approximate surface area is 224 Å². The topological polar surface area (TPSA) is 162 Å². The third-order valence-electron chi connectivity index (χ3n) is 6.47. The highest BCUT2D eigenvalue weighted by atomic mass is 32.1. The van der Waals surface area contributed by atoms with E-state index in [9.17, 15) is 19.5 Å². The number of nitrogen functional groups attached to an aromatic ring is 1. The number of rotatable bonds is 11. The van der Waals surface area contributed by atoms with E-state index in [0.717, 1.165) is 11.1 Å². The predicted octanol–water partition coefficient (Wildman–Crippen LogP) is 1.91. The largest absolute Gasteiger partial charge is 0.480 e. The number of aliphatic carboxylic acids is 1. The highest BCUT2D eigenvalue weighted by Gasteiger charge is 2.40. The van der Waals surface area contributed by atoms with E-state index in [1.54, 1.807) is 10.3 Å². The Morgan fingerprint density at radius 2 is 1.74 bits per heavy atom. The number of amides is 2. The summed E-state index contributed by atoms with van der Waals surface area (Å²) in [5, 5.41) is 25.0. The van der Waals surface area contributed by atoms with Crippen molar-refractivity contribution in [2.24, 2.45) is 5.73 Å². The lowest BCUT2D eigenvalue weighted by molar-refractivity contribution is -0.141. The highest BCUT2D eigenvalue weighted by Crippen LogP contribution is 2.31. The van der Waals surface area contributed by atoms with E-state index in [4.69, 9.17) is 11.1 Å². The zero-order valence-corrected chi connectivity index (χ0v) is 21.5. The molecule has 38 heavy (non-hydrogen) atoms. The Balaban J connectivity index is 1.58. The molecule has 11 heteroatoms. The quantitative estimate of drug-likeness (QED) is 0.185. The van der Waals surface area contributed by atoms with Gasteiger partial charge in [0, 0.05) is 17.8 Å². The molecule has 0 bridgehead atoms. The summed E-state index contributed by atoms with van der Waals surface area (Å²) in [4.78, 5) is 44.5. The molecule has 2 aromatic carbocycles. The van der Waals surface area contributed by atoms with E-state index in [0.29, 0.717) is 30.1 Å². The number of likely N-dealkylation sites (tertiary alicyclic amines) is 1. The van der Waals surface area contributed by atoms with E-state index in [-0.39, 0.29) is 24.2 Å². The molecule has 1 aromatic heterocycles. The second kappa shape index (κ2) is 12.4. The van der Waals surface area contributed by atoms with Gasteiger partial charge in [0.1, 0.15) is 22.6 Å². The SMILES string of the molecule is N=C(N)c1csc(CNC(=O)[C@@H]2CCCN2C(=O)[C@H](NCC(=O)O)C(c2ccccc2)c2ccccc2)n1. The number of carboxylic acid groups (broad SMARTS) is 1. The van der Waals surface area contributed by atoms with Gasteiger partial charge in [-0.05, 0) is 24.0 Å². The van der Waals surface area contributed by atoms with Crippen molar-refractivity contribution in [3.63, 3.8) is 0 Å². The van der Waals surface area contributed by atoms with Crippen LogP contribution in [0.15, 0.2) is 66.0 Å². The molecule has 0 saturated carbocycles. The third-order valence-corrected chi connectivity index (χ3v) is 7.32. The van der Waals surface area contributed by atoms with Crippen LogP contribution in [0.2, 0.25) is 0 Å². The maximum Gasteiger partial charge on any atom is 0.317 e. The highest BCUT2D eigenvalue weighted by molar-refractivity contribution is 7.09. The van der Waals surface area contributed by atoms with Crippen molar-refractivity contribution in [2.45, 2.75) is 37.4 Å². The Morgan fingerprint density at radius 1 is 1.11 bits per heavy atom. The van der Waals surface area contributed by atoms with Crippen LogP contribution in [-0.2, 0) is 20.9 Å². The van der Waals surface area contributed by atoms with Gasteiger partial charge in [0.15, 0.2) is 0 Å². The summed E-state index contributed by atoms with van der Waals surface area (Å²) in [7, 11) is 0. The number of thiazole rings is 1. The van der Waals surface area contributed by atoms with E-state index < -0.39 is 30.5 Å². The second-order valence-electron chi connectivity index (χ2n) is 9.00. The molecule has 0 unspecified atom stereocenters. The molecule has 0 aliphatic carbocycles. The summed E-state index contributed by atoms with van der Waals surface area (Å²) < 4.78 is 0. The van der Waals surface area contributed by atoms with Gasteiger partial charge in [-0.1, -0.05) is 60.7 Å². The lowest BCUT2D eigenvalue weighted by Crippen LogP contribution is -2.55. The molecule has 6 N–H and O–H groups in total. The average molecular weight is 535 g/mol. The number of carbonyl (C=O) groups excluding carboxylic acids is 2. The van der Waals surface area contributed by atoms with Crippen LogP contribution in [0, 0.1) is 5.41 Å². The molecule has 0 spiro atoms. The Bertz CT molecular complexity index is 1240.